The lowest BCUT2D eigenvalue weighted by Crippen LogP contribution is -2.44. The van der Waals surface area contributed by atoms with Crippen molar-refractivity contribution in [1.82, 2.24) is 4.90 Å². The van der Waals surface area contributed by atoms with Crippen LogP contribution in [0.25, 0.3) is 0 Å². The van der Waals surface area contributed by atoms with E-state index < -0.39 is 16.6 Å². The number of rotatable bonds is 6. The number of benzene rings is 2. The van der Waals surface area contributed by atoms with E-state index in [0.717, 1.165) is 37.4 Å². The molecule has 0 saturated carbocycles. The third-order valence-electron chi connectivity index (χ3n) is 4.98. The fourth-order valence-electron chi connectivity index (χ4n) is 3.30. The van der Waals surface area contributed by atoms with Gasteiger partial charge in [-0.05, 0) is 62.4 Å². The van der Waals surface area contributed by atoms with E-state index in [1.807, 2.05) is 6.92 Å². The van der Waals surface area contributed by atoms with Crippen LogP contribution in [0, 0.1) is 13.8 Å². The van der Waals surface area contributed by atoms with Gasteiger partial charge in [0, 0.05) is 37.6 Å². The Morgan fingerprint density at radius 3 is 2.31 bits per heavy atom. The minimum atomic E-state index is -3.83. The van der Waals surface area contributed by atoms with Crippen LogP contribution < -0.4 is 14.4 Å². The Morgan fingerprint density at radius 1 is 1.00 bits per heavy atom. The molecule has 0 aromatic heterocycles. The minimum Gasteiger partial charge on any atom is -0.435 e. The summed E-state index contributed by atoms with van der Waals surface area (Å²) in [6.07, 6.45) is 0. The summed E-state index contributed by atoms with van der Waals surface area (Å²) < 4.78 is 57.5. The second kappa shape index (κ2) is 8.54. The molecule has 0 spiro atoms. The number of anilines is 2. The van der Waals surface area contributed by atoms with Gasteiger partial charge in [-0.15, -0.1) is 0 Å². The van der Waals surface area contributed by atoms with Crippen molar-refractivity contribution in [1.29, 1.82) is 0 Å². The summed E-state index contributed by atoms with van der Waals surface area (Å²) in [6.45, 7) is 4.10. The summed E-state index contributed by atoms with van der Waals surface area (Å²) in [5.41, 5.74) is 2.61. The average molecular weight is 426 g/mol. The van der Waals surface area contributed by atoms with Crippen molar-refractivity contribution < 1.29 is 21.9 Å². The molecular weight excluding hydrogens is 400 g/mol. The van der Waals surface area contributed by atoms with Crippen molar-refractivity contribution in [2.24, 2.45) is 0 Å². The maximum absolute atomic E-state index is 12.9. The van der Waals surface area contributed by atoms with Gasteiger partial charge < -0.3 is 14.5 Å². The van der Waals surface area contributed by atoms with E-state index in [2.05, 4.69) is 26.3 Å². The number of nitrogens with one attached hydrogen (secondary N) is 1. The normalized spacial score (nSPS) is 15.6. The number of hydrogen-bond acceptors (Lipinski definition) is 5. The zero-order valence-electron chi connectivity index (χ0n) is 16.7. The summed E-state index contributed by atoms with van der Waals surface area (Å²) in [5.74, 6) is 0.00985. The molecule has 1 heterocycles. The van der Waals surface area contributed by atoms with Crippen molar-refractivity contribution in [2.75, 3.05) is 42.8 Å². The standard InChI is InChI=1S/C20H25F2N3O3S/c1-14-4-6-17(13-18(14)25-10-8-24(3)9-11-25)29(26,27)23-16-5-7-19(15(2)12-16)28-20(21)22/h4-7,12-13,20,23H,8-11H2,1-3H3. The molecule has 2 aromatic rings. The van der Waals surface area contributed by atoms with Crippen molar-refractivity contribution in [3.63, 3.8) is 0 Å². The molecule has 1 fully saturated rings. The Balaban J connectivity index is 1.82. The molecule has 0 aliphatic carbocycles. The molecule has 2 aromatic carbocycles. The Bertz CT molecular complexity index is 975. The lowest BCUT2D eigenvalue weighted by molar-refractivity contribution is -0.0502. The molecule has 3 rings (SSSR count). The van der Waals surface area contributed by atoms with Crippen LogP contribution in [0.2, 0.25) is 0 Å². The van der Waals surface area contributed by atoms with Crippen LogP contribution >= 0.6 is 0 Å². The number of nitrogens with zero attached hydrogens (tertiary/aromatic N) is 2. The zero-order chi connectivity index (χ0) is 21.2. The lowest BCUT2D eigenvalue weighted by atomic mass is 10.1. The van der Waals surface area contributed by atoms with Gasteiger partial charge >= 0.3 is 6.61 Å². The van der Waals surface area contributed by atoms with Gasteiger partial charge in [0.25, 0.3) is 10.0 Å². The highest BCUT2D eigenvalue weighted by molar-refractivity contribution is 7.92. The number of piperazine rings is 1. The van der Waals surface area contributed by atoms with Gasteiger partial charge in [-0.25, -0.2) is 8.42 Å². The predicted molar refractivity (Wildman–Crippen MR) is 110 cm³/mol. The quantitative estimate of drug-likeness (QED) is 0.768. The molecule has 9 heteroatoms. The van der Waals surface area contributed by atoms with E-state index in [1.165, 1.54) is 18.2 Å². The number of halogens is 2. The van der Waals surface area contributed by atoms with E-state index in [9.17, 15) is 17.2 Å². The van der Waals surface area contributed by atoms with Crippen LogP contribution in [-0.2, 0) is 10.0 Å². The summed E-state index contributed by atoms with van der Waals surface area (Å²) in [4.78, 5) is 4.58. The number of ether oxygens (including phenoxy) is 1. The first-order chi connectivity index (χ1) is 13.7. The number of likely N-dealkylation sites (N-methyl/N-ethyl adjacent to an activating group) is 1. The molecule has 29 heavy (non-hydrogen) atoms. The number of alkyl halides is 2. The van der Waals surface area contributed by atoms with Gasteiger partial charge in [0.15, 0.2) is 0 Å². The Morgan fingerprint density at radius 2 is 1.69 bits per heavy atom. The summed E-state index contributed by atoms with van der Waals surface area (Å²) in [5, 5.41) is 0. The highest BCUT2D eigenvalue weighted by atomic mass is 32.2. The van der Waals surface area contributed by atoms with Gasteiger partial charge in [0.2, 0.25) is 0 Å². The molecular formula is C20H25F2N3O3S. The molecule has 0 bridgehead atoms. The largest absolute Gasteiger partial charge is 0.435 e. The lowest BCUT2D eigenvalue weighted by Gasteiger charge is -2.35. The van der Waals surface area contributed by atoms with Crippen molar-refractivity contribution in [3.05, 3.63) is 47.5 Å². The van der Waals surface area contributed by atoms with Gasteiger partial charge in [0.05, 0.1) is 4.90 Å². The maximum Gasteiger partial charge on any atom is 0.387 e. The molecule has 1 N–H and O–H groups in total. The number of aryl methyl sites for hydroxylation is 2. The zero-order valence-corrected chi connectivity index (χ0v) is 17.5. The topological polar surface area (TPSA) is 61.9 Å². The number of hydrogen-bond donors (Lipinski definition) is 1. The van der Waals surface area contributed by atoms with Crippen molar-refractivity contribution >= 4 is 21.4 Å². The monoisotopic (exact) mass is 425 g/mol. The Hall–Kier alpha value is -2.39. The smallest absolute Gasteiger partial charge is 0.387 e. The van der Waals surface area contributed by atoms with Gasteiger partial charge in [-0.2, -0.15) is 8.78 Å². The second-order valence-electron chi connectivity index (χ2n) is 7.20. The van der Waals surface area contributed by atoms with E-state index in [0.29, 0.717) is 5.56 Å². The first kappa shape index (κ1) is 21.3. The van der Waals surface area contributed by atoms with Crippen LogP contribution in [0.1, 0.15) is 11.1 Å². The van der Waals surface area contributed by atoms with E-state index in [4.69, 9.17) is 0 Å². The highest BCUT2D eigenvalue weighted by Gasteiger charge is 2.21. The van der Waals surface area contributed by atoms with Crippen molar-refractivity contribution in [3.8, 4) is 5.75 Å². The average Bonchev–Trinajstić information content (AvgIpc) is 2.64. The van der Waals surface area contributed by atoms with Crippen LogP contribution in [-0.4, -0.2) is 53.2 Å². The van der Waals surface area contributed by atoms with Crippen LogP contribution in [0.3, 0.4) is 0 Å². The Labute approximate surface area is 170 Å². The molecule has 1 aliphatic heterocycles. The maximum atomic E-state index is 12.9. The van der Waals surface area contributed by atoms with Gasteiger partial charge in [-0.3, -0.25) is 4.72 Å². The van der Waals surface area contributed by atoms with E-state index in [-0.39, 0.29) is 16.3 Å². The first-order valence-electron chi connectivity index (χ1n) is 9.28. The fraction of sp³-hybridized carbons (Fsp3) is 0.400. The summed E-state index contributed by atoms with van der Waals surface area (Å²) >= 11 is 0. The Kier molecular flexibility index (Phi) is 6.28. The molecule has 0 amide bonds. The fourth-order valence-corrected chi connectivity index (χ4v) is 4.37. The predicted octanol–water partition coefficient (Wildman–Crippen LogP) is 3.46. The summed E-state index contributed by atoms with van der Waals surface area (Å²) in [7, 11) is -1.77. The molecule has 0 unspecified atom stereocenters. The SMILES string of the molecule is Cc1cc(NS(=O)(=O)c2ccc(C)c(N3CCN(C)CC3)c2)ccc1OC(F)F. The molecule has 1 aliphatic rings. The second-order valence-corrected chi connectivity index (χ2v) is 8.89. The van der Waals surface area contributed by atoms with E-state index >= 15 is 0 Å². The van der Waals surface area contributed by atoms with Gasteiger partial charge in [-0.1, -0.05) is 6.07 Å². The van der Waals surface area contributed by atoms with Crippen LogP contribution in [0.15, 0.2) is 41.3 Å². The minimum absolute atomic E-state index is 0.00985. The van der Waals surface area contributed by atoms with Crippen molar-refractivity contribution in [2.45, 2.75) is 25.4 Å². The van der Waals surface area contributed by atoms with Crippen LogP contribution in [0.4, 0.5) is 20.2 Å². The van der Waals surface area contributed by atoms with Gasteiger partial charge in [0.1, 0.15) is 5.75 Å². The third-order valence-corrected chi connectivity index (χ3v) is 6.36. The molecule has 158 valence electrons. The molecule has 0 radical (unpaired) electrons. The summed E-state index contributed by atoms with van der Waals surface area (Å²) in [6, 6.07) is 9.24. The third kappa shape index (κ3) is 5.16. The molecule has 6 nitrogen and oxygen atoms in total. The van der Waals surface area contributed by atoms with Crippen LogP contribution in [0.5, 0.6) is 5.75 Å². The molecule has 0 atom stereocenters. The molecule has 1 saturated heterocycles. The first-order valence-corrected chi connectivity index (χ1v) is 10.8. The number of sulfonamides is 1. The highest BCUT2D eigenvalue weighted by Crippen LogP contribution is 2.28. The van der Waals surface area contributed by atoms with E-state index in [1.54, 1.807) is 25.1 Å².